The molecule has 0 aromatic carbocycles. The van der Waals surface area contributed by atoms with Crippen molar-refractivity contribution in [1.82, 2.24) is 20.4 Å². The second kappa shape index (κ2) is 5.91. The first-order valence-corrected chi connectivity index (χ1v) is 8.52. The minimum atomic E-state index is 0.743. The first-order valence-electron chi connectivity index (χ1n) is 8.52. The third-order valence-electron chi connectivity index (χ3n) is 5.44. The molecule has 0 radical (unpaired) electrons. The molecule has 2 N–H and O–H groups in total. The Morgan fingerprint density at radius 3 is 1.80 bits per heavy atom. The predicted molar refractivity (Wildman–Crippen MR) is 84.1 cm³/mol. The Balaban J connectivity index is 0.000000121. The molecule has 116 valence electrons. The second-order valence-electron chi connectivity index (χ2n) is 7.63. The SMILES string of the molecule is CC(C)N1CC2CC(C1)N2.CC(C)N1CC2CC1CN2. The Morgan fingerprint density at radius 1 is 0.850 bits per heavy atom. The molecule has 0 amide bonds. The number of piperidine rings is 1. The summed E-state index contributed by atoms with van der Waals surface area (Å²) in [5.41, 5.74) is 0. The number of nitrogens with zero attached hydrogens (tertiary/aromatic N) is 2. The number of fused-ring (bicyclic) bond motifs is 4. The fraction of sp³-hybridized carbons (Fsp3) is 1.00. The van der Waals surface area contributed by atoms with E-state index in [0.717, 1.165) is 36.3 Å². The van der Waals surface area contributed by atoms with Crippen molar-refractivity contribution in [3.8, 4) is 0 Å². The first-order chi connectivity index (χ1) is 9.52. The van der Waals surface area contributed by atoms with E-state index in [2.05, 4.69) is 48.1 Å². The Bertz CT molecular complexity index is 314. The van der Waals surface area contributed by atoms with Gasteiger partial charge in [0.1, 0.15) is 0 Å². The second-order valence-corrected chi connectivity index (χ2v) is 7.63. The van der Waals surface area contributed by atoms with E-state index in [1.165, 1.54) is 39.0 Å². The molecule has 5 rings (SSSR count). The van der Waals surface area contributed by atoms with Crippen LogP contribution in [-0.2, 0) is 0 Å². The Kier molecular flexibility index (Phi) is 4.37. The van der Waals surface area contributed by atoms with Crippen LogP contribution in [0.15, 0.2) is 0 Å². The Labute approximate surface area is 124 Å². The van der Waals surface area contributed by atoms with Crippen molar-refractivity contribution >= 4 is 0 Å². The van der Waals surface area contributed by atoms with Crippen molar-refractivity contribution in [2.45, 2.75) is 76.8 Å². The van der Waals surface area contributed by atoms with Crippen LogP contribution in [0.1, 0.15) is 40.5 Å². The van der Waals surface area contributed by atoms with Crippen molar-refractivity contribution in [2.75, 3.05) is 26.2 Å². The zero-order valence-corrected chi connectivity index (χ0v) is 13.6. The lowest BCUT2D eigenvalue weighted by molar-refractivity contribution is 0.0563. The third kappa shape index (κ3) is 3.03. The van der Waals surface area contributed by atoms with Crippen molar-refractivity contribution in [3.05, 3.63) is 0 Å². The maximum absolute atomic E-state index is 3.52. The van der Waals surface area contributed by atoms with Gasteiger partial charge in [-0.25, -0.2) is 0 Å². The predicted octanol–water partition coefficient (Wildman–Crippen LogP) is 0.882. The minimum absolute atomic E-state index is 0.743. The molecule has 4 nitrogen and oxygen atoms in total. The van der Waals surface area contributed by atoms with Crippen LogP contribution in [0.2, 0.25) is 0 Å². The zero-order valence-electron chi connectivity index (χ0n) is 13.6. The van der Waals surface area contributed by atoms with Gasteiger partial charge >= 0.3 is 0 Å². The largest absolute Gasteiger partial charge is 0.311 e. The van der Waals surface area contributed by atoms with Crippen molar-refractivity contribution < 1.29 is 0 Å². The fourth-order valence-corrected chi connectivity index (χ4v) is 4.19. The normalized spacial score (nSPS) is 39.9. The summed E-state index contributed by atoms with van der Waals surface area (Å²) in [4.78, 5) is 5.18. The molecular weight excluding hydrogens is 248 g/mol. The van der Waals surface area contributed by atoms with E-state index >= 15 is 0 Å². The van der Waals surface area contributed by atoms with Crippen LogP contribution in [0.5, 0.6) is 0 Å². The van der Waals surface area contributed by atoms with Gasteiger partial charge in [-0.2, -0.15) is 0 Å². The molecule has 0 spiro atoms. The Hall–Kier alpha value is -0.160. The molecular formula is C16H32N4. The average molecular weight is 280 g/mol. The fourth-order valence-electron chi connectivity index (χ4n) is 4.19. The van der Waals surface area contributed by atoms with Gasteiger partial charge in [0, 0.05) is 62.4 Å². The van der Waals surface area contributed by atoms with Crippen LogP contribution in [0.25, 0.3) is 0 Å². The number of nitrogens with one attached hydrogen (secondary N) is 2. The molecule has 5 aliphatic heterocycles. The minimum Gasteiger partial charge on any atom is -0.311 e. The molecule has 20 heavy (non-hydrogen) atoms. The quantitative estimate of drug-likeness (QED) is 0.786. The lowest BCUT2D eigenvalue weighted by Gasteiger charge is -2.49. The highest BCUT2D eigenvalue weighted by Gasteiger charge is 2.38. The van der Waals surface area contributed by atoms with Crippen LogP contribution in [0.4, 0.5) is 0 Å². The highest BCUT2D eigenvalue weighted by Crippen LogP contribution is 2.24. The summed E-state index contributed by atoms with van der Waals surface area (Å²) in [6.07, 6.45) is 2.81. The van der Waals surface area contributed by atoms with Crippen LogP contribution in [0, 0.1) is 0 Å². The van der Waals surface area contributed by atoms with Crippen LogP contribution in [-0.4, -0.2) is 72.2 Å². The van der Waals surface area contributed by atoms with Gasteiger partial charge in [-0.05, 0) is 40.5 Å². The molecule has 5 fully saturated rings. The summed E-state index contributed by atoms with van der Waals surface area (Å²) in [5.74, 6) is 0. The molecule has 4 bridgehead atoms. The molecule has 5 saturated heterocycles. The van der Waals surface area contributed by atoms with E-state index < -0.39 is 0 Å². The van der Waals surface area contributed by atoms with Gasteiger partial charge in [-0.1, -0.05) is 0 Å². The topological polar surface area (TPSA) is 30.5 Å². The van der Waals surface area contributed by atoms with Crippen LogP contribution in [0.3, 0.4) is 0 Å². The third-order valence-corrected chi connectivity index (χ3v) is 5.44. The summed E-state index contributed by atoms with van der Waals surface area (Å²) in [5, 5.41) is 7.02. The first kappa shape index (κ1) is 14.8. The van der Waals surface area contributed by atoms with Gasteiger partial charge < -0.3 is 10.6 Å². The van der Waals surface area contributed by atoms with E-state index in [9.17, 15) is 0 Å². The maximum Gasteiger partial charge on any atom is 0.0239 e. The molecule has 4 heteroatoms. The molecule has 5 aliphatic rings. The van der Waals surface area contributed by atoms with Crippen molar-refractivity contribution in [3.63, 3.8) is 0 Å². The van der Waals surface area contributed by atoms with Crippen molar-refractivity contribution in [2.24, 2.45) is 0 Å². The summed E-state index contributed by atoms with van der Waals surface area (Å²) in [7, 11) is 0. The molecule has 0 aromatic heterocycles. The Morgan fingerprint density at radius 2 is 1.50 bits per heavy atom. The molecule has 5 heterocycles. The van der Waals surface area contributed by atoms with Gasteiger partial charge in [0.15, 0.2) is 0 Å². The molecule has 0 aromatic rings. The van der Waals surface area contributed by atoms with Crippen LogP contribution < -0.4 is 10.6 Å². The highest BCUT2D eigenvalue weighted by atomic mass is 15.3. The van der Waals surface area contributed by atoms with Gasteiger partial charge in [0.2, 0.25) is 0 Å². The summed E-state index contributed by atoms with van der Waals surface area (Å²) in [6.45, 7) is 14.2. The lowest BCUT2D eigenvalue weighted by atomic mass is 9.90. The zero-order chi connectivity index (χ0) is 14.3. The summed E-state index contributed by atoms with van der Waals surface area (Å²) < 4.78 is 0. The maximum atomic E-state index is 3.52. The van der Waals surface area contributed by atoms with Gasteiger partial charge in [0.05, 0.1) is 0 Å². The van der Waals surface area contributed by atoms with E-state index in [-0.39, 0.29) is 0 Å². The number of hydrogen-bond acceptors (Lipinski definition) is 4. The number of rotatable bonds is 2. The van der Waals surface area contributed by atoms with E-state index in [0.29, 0.717) is 0 Å². The lowest BCUT2D eigenvalue weighted by Crippen LogP contribution is -2.67. The molecule has 4 atom stereocenters. The number of hydrogen-bond donors (Lipinski definition) is 2. The monoisotopic (exact) mass is 280 g/mol. The number of piperazine rings is 2. The van der Waals surface area contributed by atoms with Crippen molar-refractivity contribution in [1.29, 1.82) is 0 Å². The average Bonchev–Trinajstić information content (AvgIpc) is 3.01. The van der Waals surface area contributed by atoms with Gasteiger partial charge in [-0.15, -0.1) is 0 Å². The van der Waals surface area contributed by atoms with E-state index in [1.807, 2.05) is 0 Å². The molecule has 0 saturated carbocycles. The van der Waals surface area contributed by atoms with Crippen LogP contribution >= 0.6 is 0 Å². The molecule has 0 aliphatic carbocycles. The number of likely N-dealkylation sites (tertiary alicyclic amines) is 1. The smallest absolute Gasteiger partial charge is 0.0239 e. The van der Waals surface area contributed by atoms with E-state index in [1.54, 1.807) is 0 Å². The summed E-state index contributed by atoms with van der Waals surface area (Å²) >= 11 is 0. The summed E-state index contributed by atoms with van der Waals surface area (Å²) in [6, 6.07) is 4.80. The highest BCUT2D eigenvalue weighted by molar-refractivity contribution is 4.99. The molecule has 4 unspecified atom stereocenters. The van der Waals surface area contributed by atoms with Gasteiger partial charge in [0.25, 0.3) is 0 Å². The van der Waals surface area contributed by atoms with Gasteiger partial charge in [-0.3, -0.25) is 9.80 Å². The van der Waals surface area contributed by atoms with E-state index in [4.69, 9.17) is 0 Å². The standard InChI is InChI=1S/2C8H16N2/c1-6(2)10-5-7-3-8(10)4-9-7;1-6(2)10-4-7-3-8(5-10)9-7/h2*6-9H,3-5H2,1-2H3.